The first-order valence-corrected chi connectivity index (χ1v) is 5.55. The first kappa shape index (κ1) is 9.86. The second kappa shape index (κ2) is 3.61. The molecular formula is C10H11ClN4O. The molecule has 0 aliphatic carbocycles. The molecule has 0 spiro atoms. The van der Waals surface area contributed by atoms with Crippen molar-refractivity contribution in [3.63, 3.8) is 0 Å². The lowest BCUT2D eigenvalue weighted by atomic mass is 10.1. The summed E-state index contributed by atoms with van der Waals surface area (Å²) in [4.78, 5) is 4.41. The fourth-order valence-corrected chi connectivity index (χ4v) is 2.02. The molecule has 0 aromatic carbocycles. The van der Waals surface area contributed by atoms with Crippen LogP contribution in [0.4, 0.5) is 0 Å². The molecule has 1 atom stereocenters. The van der Waals surface area contributed by atoms with E-state index in [-0.39, 0.29) is 6.04 Å². The van der Waals surface area contributed by atoms with E-state index in [4.69, 9.17) is 21.8 Å². The molecule has 6 heteroatoms. The minimum atomic E-state index is 0.169. The number of aryl methyl sites for hydroxylation is 1. The van der Waals surface area contributed by atoms with Gasteiger partial charge in [0.2, 0.25) is 5.82 Å². The average molecular weight is 239 g/mol. The van der Waals surface area contributed by atoms with Gasteiger partial charge in [-0.25, -0.2) is 9.67 Å². The van der Waals surface area contributed by atoms with Gasteiger partial charge in [-0.3, -0.25) is 0 Å². The molecule has 3 heterocycles. The molecule has 2 aromatic heterocycles. The summed E-state index contributed by atoms with van der Waals surface area (Å²) in [6.45, 7) is 0.719. The maximum Gasteiger partial charge on any atom is 0.217 e. The lowest BCUT2D eigenvalue weighted by molar-refractivity contribution is 0.421. The number of halogens is 1. The van der Waals surface area contributed by atoms with E-state index in [1.165, 1.54) is 0 Å². The van der Waals surface area contributed by atoms with E-state index in [0.29, 0.717) is 16.8 Å². The van der Waals surface area contributed by atoms with E-state index >= 15 is 0 Å². The smallest absolute Gasteiger partial charge is 0.217 e. The van der Waals surface area contributed by atoms with Crippen LogP contribution in [0, 0.1) is 0 Å². The van der Waals surface area contributed by atoms with Crippen LogP contribution in [0.2, 0.25) is 5.22 Å². The summed E-state index contributed by atoms with van der Waals surface area (Å²) in [5.74, 6) is 2.14. The van der Waals surface area contributed by atoms with Crippen LogP contribution in [-0.2, 0) is 13.0 Å². The van der Waals surface area contributed by atoms with Gasteiger partial charge in [0, 0.05) is 12.5 Å². The van der Waals surface area contributed by atoms with Crippen LogP contribution in [0.3, 0.4) is 0 Å². The Labute approximate surface area is 97.2 Å². The molecule has 0 fully saturated rings. The number of nitrogens with two attached hydrogens (primary N) is 1. The number of fused-ring (bicyclic) bond motifs is 1. The summed E-state index contributed by atoms with van der Waals surface area (Å²) in [5, 5.41) is 4.70. The Bertz CT molecular complexity index is 519. The van der Waals surface area contributed by atoms with Crippen LogP contribution in [0.1, 0.15) is 12.2 Å². The molecule has 5 nitrogen and oxygen atoms in total. The molecule has 1 unspecified atom stereocenters. The normalized spacial score (nSPS) is 19.8. The maximum atomic E-state index is 5.87. The highest BCUT2D eigenvalue weighted by atomic mass is 35.5. The second-order valence-electron chi connectivity index (χ2n) is 3.94. The number of hydrogen-bond acceptors (Lipinski definition) is 4. The molecule has 0 radical (unpaired) electrons. The Morgan fingerprint density at radius 2 is 2.38 bits per heavy atom. The van der Waals surface area contributed by atoms with Gasteiger partial charge in [0.15, 0.2) is 11.0 Å². The third kappa shape index (κ3) is 1.62. The predicted octanol–water partition coefficient (Wildman–Crippen LogP) is 1.47. The van der Waals surface area contributed by atoms with E-state index in [1.54, 1.807) is 12.1 Å². The summed E-state index contributed by atoms with van der Waals surface area (Å²) in [6.07, 6.45) is 1.82. The molecule has 2 aromatic rings. The van der Waals surface area contributed by atoms with E-state index in [2.05, 4.69) is 10.1 Å². The van der Waals surface area contributed by atoms with Crippen molar-refractivity contribution >= 4 is 11.6 Å². The molecule has 0 saturated heterocycles. The summed E-state index contributed by atoms with van der Waals surface area (Å²) >= 11 is 5.71. The molecule has 0 saturated carbocycles. The SMILES string of the molecule is NC1CCc2nc(-c3ccc(Cl)o3)nn2C1. The van der Waals surface area contributed by atoms with Crippen molar-refractivity contribution in [3.05, 3.63) is 23.2 Å². The zero-order valence-electron chi connectivity index (χ0n) is 8.56. The topological polar surface area (TPSA) is 69.9 Å². The standard InChI is InChI=1S/C10H11ClN4O/c11-8-3-2-7(16-8)10-13-9-4-1-6(12)5-15(9)14-10/h2-3,6H,1,4-5,12H2. The van der Waals surface area contributed by atoms with Crippen LogP contribution < -0.4 is 5.73 Å². The first-order valence-electron chi connectivity index (χ1n) is 5.17. The maximum absolute atomic E-state index is 5.87. The summed E-state index contributed by atoms with van der Waals surface area (Å²) in [7, 11) is 0. The highest BCUT2D eigenvalue weighted by molar-refractivity contribution is 6.28. The Morgan fingerprint density at radius 1 is 1.50 bits per heavy atom. The minimum absolute atomic E-state index is 0.169. The Hall–Kier alpha value is -1.33. The lowest BCUT2D eigenvalue weighted by Gasteiger charge is -2.17. The zero-order chi connectivity index (χ0) is 11.1. The Balaban J connectivity index is 1.98. The number of hydrogen-bond donors (Lipinski definition) is 1. The Kier molecular flexibility index (Phi) is 2.22. The van der Waals surface area contributed by atoms with E-state index < -0.39 is 0 Å². The van der Waals surface area contributed by atoms with Crippen molar-refractivity contribution in [3.8, 4) is 11.6 Å². The van der Waals surface area contributed by atoms with Crippen molar-refractivity contribution in [1.82, 2.24) is 14.8 Å². The van der Waals surface area contributed by atoms with Gasteiger partial charge in [0.1, 0.15) is 5.82 Å². The molecule has 1 aliphatic rings. The van der Waals surface area contributed by atoms with Gasteiger partial charge in [-0.05, 0) is 30.2 Å². The third-order valence-corrected chi connectivity index (χ3v) is 2.89. The summed E-state index contributed by atoms with van der Waals surface area (Å²) < 4.78 is 7.12. The molecule has 2 N–H and O–H groups in total. The fourth-order valence-electron chi connectivity index (χ4n) is 1.87. The fraction of sp³-hybridized carbons (Fsp3) is 0.400. The highest BCUT2D eigenvalue weighted by Crippen LogP contribution is 2.23. The van der Waals surface area contributed by atoms with Crippen LogP contribution in [0.5, 0.6) is 0 Å². The van der Waals surface area contributed by atoms with Gasteiger partial charge in [-0.1, -0.05) is 0 Å². The lowest BCUT2D eigenvalue weighted by Crippen LogP contribution is -2.32. The van der Waals surface area contributed by atoms with Gasteiger partial charge in [0.25, 0.3) is 0 Å². The number of rotatable bonds is 1. The summed E-state index contributed by atoms with van der Waals surface area (Å²) in [6, 6.07) is 3.62. The highest BCUT2D eigenvalue weighted by Gasteiger charge is 2.20. The molecule has 3 rings (SSSR count). The van der Waals surface area contributed by atoms with Crippen molar-refractivity contribution in [2.75, 3.05) is 0 Å². The monoisotopic (exact) mass is 238 g/mol. The van der Waals surface area contributed by atoms with E-state index in [1.807, 2.05) is 4.68 Å². The molecular weight excluding hydrogens is 228 g/mol. The van der Waals surface area contributed by atoms with Crippen molar-refractivity contribution in [2.24, 2.45) is 5.73 Å². The zero-order valence-corrected chi connectivity index (χ0v) is 9.31. The third-order valence-electron chi connectivity index (χ3n) is 2.69. The quantitative estimate of drug-likeness (QED) is 0.817. The molecule has 16 heavy (non-hydrogen) atoms. The average Bonchev–Trinajstić information content (AvgIpc) is 2.83. The van der Waals surface area contributed by atoms with Gasteiger partial charge in [0.05, 0.1) is 6.54 Å². The summed E-state index contributed by atoms with van der Waals surface area (Å²) in [5.41, 5.74) is 5.87. The van der Waals surface area contributed by atoms with Crippen LogP contribution >= 0.6 is 11.6 Å². The Morgan fingerprint density at radius 3 is 3.12 bits per heavy atom. The van der Waals surface area contributed by atoms with Gasteiger partial charge in [-0.15, -0.1) is 5.10 Å². The molecule has 0 bridgehead atoms. The van der Waals surface area contributed by atoms with Crippen LogP contribution in [0.15, 0.2) is 16.5 Å². The van der Waals surface area contributed by atoms with Crippen molar-refractivity contribution < 1.29 is 4.42 Å². The van der Waals surface area contributed by atoms with Gasteiger partial charge >= 0.3 is 0 Å². The minimum Gasteiger partial charge on any atom is -0.441 e. The molecule has 0 amide bonds. The van der Waals surface area contributed by atoms with Crippen LogP contribution in [-0.4, -0.2) is 20.8 Å². The molecule has 84 valence electrons. The van der Waals surface area contributed by atoms with E-state index in [0.717, 1.165) is 25.2 Å². The predicted molar refractivity (Wildman–Crippen MR) is 59.0 cm³/mol. The number of aromatic nitrogens is 3. The second-order valence-corrected chi connectivity index (χ2v) is 4.31. The largest absolute Gasteiger partial charge is 0.441 e. The van der Waals surface area contributed by atoms with Gasteiger partial charge in [-0.2, -0.15) is 0 Å². The number of furan rings is 1. The van der Waals surface area contributed by atoms with Crippen LogP contribution in [0.25, 0.3) is 11.6 Å². The van der Waals surface area contributed by atoms with Gasteiger partial charge < -0.3 is 10.2 Å². The van der Waals surface area contributed by atoms with Crippen molar-refractivity contribution in [2.45, 2.75) is 25.4 Å². The van der Waals surface area contributed by atoms with E-state index in [9.17, 15) is 0 Å². The number of nitrogens with zero attached hydrogens (tertiary/aromatic N) is 3. The first-order chi connectivity index (χ1) is 7.72. The van der Waals surface area contributed by atoms with Crippen molar-refractivity contribution in [1.29, 1.82) is 0 Å². The molecule has 1 aliphatic heterocycles.